The second-order valence-corrected chi connectivity index (χ2v) is 6.30. The predicted molar refractivity (Wildman–Crippen MR) is 81.5 cm³/mol. The van der Waals surface area contributed by atoms with Gasteiger partial charge < -0.3 is 4.90 Å². The maximum Gasteiger partial charge on any atom is 0.233 e. The highest BCUT2D eigenvalue weighted by molar-refractivity contribution is 8.00. The molecule has 1 saturated heterocycles. The van der Waals surface area contributed by atoms with Crippen LogP contribution in [0.25, 0.3) is 0 Å². The minimum atomic E-state index is 0.303. The Bertz CT molecular complexity index is 415. The molecule has 1 aliphatic heterocycles. The highest BCUT2D eigenvalue weighted by Gasteiger charge is 2.24. The monoisotopic (exact) mass is 277 g/mol. The Labute approximate surface area is 120 Å². The number of rotatable bonds is 4. The summed E-state index contributed by atoms with van der Waals surface area (Å²) >= 11 is 1.65. The average Bonchev–Trinajstić information content (AvgIpc) is 2.46. The van der Waals surface area contributed by atoms with Crippen molar-refractivity contribution in [2.45, 2.75) is 50.5 Å². The van der Waals surface area contributed by atoms with Gasteiger partial charge in [-0.05, 0) is 44.7 Å². The Hall–Kier alpha value is -0.960. The SMILES string of the molecule is CC[C@H]1CCCCN1C(=O)CSc1ccc(C)cc1. The van der Waals surface area contributed by atoms with E-state index in [-0.39, 0.29) is 0 Å². The molecule has 1 aromatic rings. The van der Waals surface area contributed by atoms with Crippen LogP contribution < -0.4 is 0 Å². The van der Waals surface area contributed by atoms with Crippen LogP contribution in [0.2, 0.25) is 0 Å². The third-order valence-electron chi connectivity index (χ3n) is 3.80. The van der Waals surface area contributed by atoms with Crippen molar-refractivity contribution in [3.63, 3.8) is 0 Å². The van der Waals surface area contributed by atoms with Gasteiger partial charge in [-0.3, -0.25) is 4.79 Å². The summed E-state index contributed by atoms with van der Waals surface area (Å²) in [5, 5.41) is 0. The van der Waals surface area contributed by atoms with Crippen LogP contribution in [-0.2, 0) is 4.79 Å². The van der Waals surface area contributed by atoms with Gasteiger partial charge in [0, 0.05) is 17.5 Å². The molecule has 2 nitrogen and oxygen atoms in total. The van der Waals surface area contributed by atoms with Crippen molar-refractivity contribution in [3.05, 3.63) is 29.8 Å². The number of piperidine rings is 1. The van der Waals surface area contributed by atoms with E-state index in [1.54, 1.807) is 11.8 Å². The summed E-state index contributed by atoms with van der Waals surface area (Å²) in [7, 11) is 0. The van der Waals surface area contributed by atoms with Gasteiger partial charge in [0.05, 0.1) is 5.75 Å². The summed E-state index contributed by atoms with van der Waals surface area (Å²) in [6, 6.07) is 8.87. The second-order valence-electron chi connectivity index (χ2n) is 5.25. The van der Waals surface area contributed by atoms with Gasteiger partial charge in [-0.1, -0.05) is 24.6 Å². The molecule has 19 heavy (non-hydrogen) atoms. The molecule has 0 spiro atoms. The fourth-order valence-corrected chi connectivity index (χ4v) is 3.40. The topological polar surface area (TPSA) is 20.3 Å². The lowest BCUT2D eigenvalue weighted by atomic mass is 10.0. The van der Waals surface area contributed by atoms with Gasteiger partial charge in [0.25, 0.3) is 0 Å². The van der Waals surface area contributed by atoms with Crippen LogP contribution in [0.1, 0.15) is 38.2 Å². The molecule has 0 bridgehead atoms. The number of amides is 1. The molecule has 0 unspecified atom stereocenters. The van der Waals surface area contributed by atoms with Crippen LogP contribution in [0.15, 0.2) is 29.2 Å². The number of thioether (sulfide) groups is 1. The highest BCUT2D eigenvalue weighted by atomic mass is 32.2. The molecule has 3 heteroatoms. The average molecular weight is 277 g/mol. The standard InChI is InChI=1S/C16H23NOS/c1-3-14-6-4-5-11-17(14)16(18)12-19-15-9-7-13(2)8-10-15/h7-10,14H,3-6,11-12H2,1-2H3/t14-/m0/s1. The van der Waals surface area contributed by atoms with Crippen LogP contribution in [0.4, 0.5) is 0 Å². The first-order valence-corrected chi connectivity index (χ1v) is 8.18. The van der Waals surface area contributed by atoms with Gasteiger partial charge in [-0.25, -0.2) is 0 Å². The predicted octanol–water partition coefficient (Wildman–Crippen LogP) is 3.88. The number of nitrogens with zero attached hydrogens (tertiary/aromatic N) is 1. The van der Waals surface area contributed by atoms with Gasteiger partial charge in [0.1, 0.15) is 0 Å². The highest BCUT2D eigenvalue weighted by Crippen LogP contribution is 2.23. The van der Waals surface area contributed by atoms with Crippen molar-refractivity contribution in [1.29, 1.82) is 0 Å². The Morgan fingerprint density at radius 2 is 2.05 bits per heavy atom. The zero-order valence-electron chi connectivity index (χ0n) is 11.9. The van der Waals surface area contributed by atoms with Gasteiger partial charge in [-0.2, -0.15) is 0 Å². The first-order chi connectivity index (χ1) is 9.20. The van der Waals surface area contributed by atoms with E-state index in [0.717, 1.165) is 19.4 Å². The minimum absolute atomic E-state index is 0.303. The molecule has 2 rings (SSSR count). The van der Waals surface area contributed by atoms with Crippen LogP contribution >= 0.6 is 11.8 Å². The molecule has 0 aromatic heterocycles. The molecular formula is C16H23NOS. The van der Waals surface area contributed by atoms with E-state index in [9.17, 15) is 4.79 Å². The fourth-order valence-electron chi connectivity index (χ4n) is 2.62. The van der Waals surface area contributed by atoms with Crippen LogP contribution in [0, 0.1) is 6.92 Å². The van der Waals surface area contributed by atoms with E-state index in [1.807, 2.05) is 0 Å². The van der Waals surface area contributed by atoms with Crippen molar-refractivity contribution >= 4 is 17.7 Å². The van der Waals surface area contributed by atoms with Crippen molar-refractivity contribution in [2.75, 3.05) is 12.3 Å². The third-order valence-corrected chi connectivity index (χ3v) is 4.80. The van der Waals surface area contributed by atoms with Crippen LogP contribution in [0.5, 0.6) is 0 Å². The Balaban J connectivity index is 1.87. The molecule has 1 fully saturated rings. The molecular weight excluding hydrogens is 254 g/mol. The van der Waals surface area contributed by atoms with Crippen LogP contribution in [0.3, 0.4) is 0 Å². The Morgan fingerprint density at radius 1 is 1.32 bits per heavy atom. The lowest BCUT2D eigenvalue weighted by Gasteiger charge is -2.35. The van der Waals surface area contributed by atoms with Crippen LogP contribution in [-0.4, -0.2) is 29.1 Å². The molecule has 0 saturated carbocycles. The molecule has 0 aliphatic carbocycles. The number of hydrogen-bond donors (Lipinski definition) is 0. The number of carbonyl (C=O) groups excluding carboxylic acids is 1. The van der Waals surface area contributed by atoms with E-state index in [1.165, 1.54) is 23.3 Å². The second kappa shape index (κ2) is 6.99. The molecule has 0 N–H and O–H groups in total. The maximum absolute atomic E-state index is 12.3. The largest absolute Gasteiger partial charge is 0.339 e. The van der Waals surface area contributed by atoms with Crippen molar-refractivity contribution in [3.8, 4) is 0 Å². The summed E-state index contributed by atoms with van der Waals surface area (Å²) in [5.74, 6) is 0.872. The van der Waals surface area contributed by atoms with Gasteiger partial charge in [-0.15, -0.1) is 11.8 Å². The summed E-state index contributed by atoms with van der Waals surface area (Å²) < 4.78 is 0. The Kier molecular flexibility index (Phi) is 5.32. The number of aryl methyl sites for hydroxylation is 1. The number of hydrogen-bond acceptors (Lipinski definition) is 2. The Morgan fingerprint density at radius 3 is 2.74 bits per heavy atom. The fraction of sp³-hybridized carbons (Fsp3) is 0.562. The van der Waals surface area contributed by atoms with Gasteiger partial charge >= 0.3 is 0 Å². The zero-order valence-corrected chi connectivity index (χ0v) is 12.7. The van der Waals surface area contributed by atoms with E-state index in [2.05, 4.69) is 43.0 Å². The van der Waals surface area contributed by atoms with E-state index >= 15 is 0 Å². The summed E-state index contributed by atoms with van der Waals surface area (Å²) in [6.45, 7) is 5.22. The zero-order chi connectivity index (χ0) is 13.7. The summed E-state index contributed by atoms with van der Waals surface area (Å²) in [6.07, 6.45) is 4.70. The minimum Gasteiger partial charge on any atom is -0.339 e. The molecule has 1 amide bonds. The van der Waals surface area contributed by atoms with Crippen molar-refractivity contribution < 1.29 is 4.79 Å². The lowest BCUT2D eigenvalue weighted by Crippen LogP contribution is -2.44. The van der Waals surface area contributed by atoms with Crippen molar-refractivity contribution in [1.82, 2.24) is 4.90 Å². The third kappa shape index (κ3) is 4.00. The summed E-state index contributed by atoms with van der Waals surface area (Å²) in [4.78, 5) is 15.6. The molecule has 1 atom stereocenters. The number of benzene rings is 1. The quantitative estimate of drug-likeness (QED) is 0.778. The first-order valence-electron chi connectivity index (χ1n) is 7.19. The van der Waals surface area contributed by atoms with E-state index in [0.29, 0.717) is 17.7 Å². The number of carbonyl (C=O) groups is 1. The number of likely N-dealkylation sites (tertiary alicyclic amines) is 1. The maximum atomic E-state index is 12.3. The smallest absolute Gasteiger partial charge is 0.233 e. The van der Waals surface area contributed by atoms with E-state index < -0.39 is 0 Å². The van der Waals surface area contributed by atoms with Gasteiger partial charge in [0.2, 0.25) is 5.91 Å². The molecule has 0 radical (unpaired) electrons. The first kappa shape index (κ1) is 14.4. The molecule has 1 aliphatic rings. The van der Waals surface area contributed by atoms with Crippen molar-refractivity contribution in [2.24, 2.45) is 0 Å². The molecule has 1 heterocycles. The van der Waals surface area contributed by atoms with Gasteiger partial charge in [0.15, 0.2) is 0 Å². The lowest BCUT2D eigenvalue weighted by molar-refractivity contribution is -0.132. The summed E-state index contributed by atoms with van der Waals surface area (Å²) in [5.41, 5.74) is 1.26. The molecule has 104 valence electrons. The van der Waals surface area contributed by atoms with E-state index in [4.69, 9.17) is 0 Å². The normalized spacial score (nSPS) is 19.5. The molecule has 1 aromatic carbocycles.